The summed E-state index contributed by atoms with van der Waals surface area (Å²) in [7, 11) is 0. The molecule has 1 aromatic carbocycles. The molecule has 0 radical (unpaired) electrons. The smallest absolute Gasteiger partial charge is 0.188 e. The van der Waals surface area contributed by atoms with E-state index in [0.29, 0.717) is 0 Å². The van der Waals surface area contributed by atoms with Gasteiger partial charge in [-0.2, -0.15) is 0 Å². The van der Waals surface area contributed by atoms with E-state index in [1.54, 1.807) is 11.3 Å². The zero-order valence-electron chi connectivity index (χ0n) is 14.0. The Morgan fingerprint density at radius 3 is 2.84 bits per heavy atom. The summed E-state index contributed by atoms with van der Waals surface area (Å²) in [5, 5.41) is 4.13. The molecule has 0 unspecified atom stereocenters. The molecule has 4 rings (SSSR count). The Bertz CT molecular complexity index is 863. The molecule has 3 N–H and O–H groups in total. The van der Waals surface area contributed by atoms with Crippen molar-refractivity contribution in [1.82, 2.24) is 15.0 Å². The van der Waals surface area contributed by atoms with Gasteiger partial charge in [0.25, 0.3) is 0 Å². The summed E-state index contributed by atoms with van der Waals surface area (Å²) in [5.41, 5.74) is 7.18. The molecule has 1 aliphatic rings. The summed E-state index contributed by atoms with van der Waals surface area (Å²) >= 11 is 1.61. The quantitative estimate of drug-likeness (QED) is 0.751. The van der Waals surface area contributed by atoms with Gasteiger partial charge in [0.1, 0.15) is 17.5 Å². The number of thiazole rings is 1. The maximum absolute atomic E-state index is 6.01. The summed E-state index contributed by atoms with van der Waals surface area (Å²) < 4.78 is 0. The molecule has 25 heavy (non-hydrogen) atoms. The summed E-state index contributed by atoms with van der Waals surface area (Å²) in [6, 6.07) is 12.4. The van der Waals surface area contributed by atoms with Gasteiger partial charge in [-0.05, 0) is 18.9 Å². The van der Waals surface area contributed by atoms with Crippen molar-refractivity contribution in [1.29, 1.82) is 0 Å². The minimum Gasteiger partial charge on any atom is -0.355 e. The summed E-state index contributed by atoms with van der Waals surface area (Å²) in [6.45, 7) is 3.68. The maximum Gasteiger partial charge on any atom is 0.188 e. The van der Waals surface area contributed by atoms with Crippen LogP contribution in [0.15, 0.2) is 42.6 Å². The highest BCUT2D eigenvalue weighted by atomic mass is 32.1. The van der Waals surface area contributed by atoms with Gasteiger partial charge in [-0.1, -0.05) is 41.7 Å². The number of nitrogens with two attached hydrogens (primary N) is 1. The van der Waals surface area contributed by atoms with Crippen molar-refractivity contribution in [3.05, 3.63) is 48.4 Å². The molecule has 0 bridgehead atoms. The second kappa shape index (κ2) is 6.78. The van der Waals surface area contributed by atoms with Crippen LogP contribution in [0.5, 0.6) is 0 Å². The molecule has 1 saturated heterocycles. The van der Waals surface area contributed by atoms with Gasteiger partial charge in [-0.25, -0.2) is 15.0 Å². The summed E-state index contributed by atoms with van der Waals surface area (Å²) in [4.78, 5) is 16.8. The minimum atomic E-state index is 0.221. The SMILES string of the molecule is Cc1nc(Nc2ncc(-c3ccccc3)s2)cc(N2CC[C@H](N)C2)n1. The number of aryl methyl sites for hydroxylation is 1. The normalized spacial score (nSPS) is 17.0. The lowest BCUT2D eigenvalue weighted by Crippen LogP contribution is -2.27. The van der Waals surface area contributed by atoms with Crippen LogP contribution in [-0.2, 0) is 0 Å². The Hall–Kier alpha value is -2.51. The van der Waals surface area contributed by atoms with Crippen LogP contribution in [0.3, 0.4) is 0 Å². The largest absolute Gasteiger partial charge is 0.355 e. The van der Waals surface area contributed by atoms with Gasteiger partial charge in [-0.15, -0.1) is 0 Å². The fourth-order valence-corrected chi connectivity index (χ4v) is 3.78. The molecule has 6 nitrogen and oxygen atoms in total. The van der Waals surface area contributed by atoms with Crippen molar-refractivity contribution >= 4 is 28.1 Å². The van der Waals surface area contributed by atoms with E-state index in [2.05, 4.69) is 37.3 Å². The molecule has 0 spiro atoms. The highest BCUT2D eigenvalue weighted by Crippen LogP contribution is 2.30. The van der Waals surface area contributed by atoms with Crippen LogP contribution in [0.4, 0.5) is 16.8 Å². The monoisotopic (exact) mass is 352 g/mol. The second-order valence-electron chi connectivity index (χ2n) is 6.17. The number of hydrogen-bond acceptors (Lipinski definition) is 7. The molecule has 7 heteroatoms. The van der Waals surface area contributed by atoms with E-state index in [4.69, 9.17) is 5.73 Å². The van der Waals surface area contributed by atoms with Crippen molar-refractivity contribution in [3.8, 4) is 10.4 Å². The number of hydrogen-bond donors (Lipinski definition) is 2. The lowest BCUT2D eigenvalue weighted by atomic mass is 10.2. The average molecular weight is 352 g/mol. The van der Waals surface area contributed by atoms with Gasteiger partial charge in [0.2, 0.25) is 0 Å². The van der Waals surface area contributed by atoms with Crippen LogP contribution in [0.1, 0.15) is 12.2 Å². The minimum absolute atomic E-state index is 0.221. The first-order valence-corrected chi connectivity index (χ1v) is 9.13. The molecule has 1 aliphatic heterocycles. The third-order valence-corrected chi connectivity index (χ3v) is 5.13. The van der Waals surface area contributed by atoms with E-state index >= 15 is 0 Å². The number of rotatable bonds is 4. The van der Waals surface area contributed by atoms with Crippen LogP contribution in [0.2, 0.25) is 0 Å². The lowest BCUT2D eigenvalue weighted by molar-refractivity contribution is 0.751. The average Bonchev–Trinajstić information content (AvgIpc) is 3.24. The molecule has 0 saturated carbocycles. The van der Waals surface area contributed by atoms with Gasteiger partial charge in [0, 0.05) is 31.4 Å². The van der Waals surface area contributed by atoms with Gasteiger partial charge in [0.05, 0.1) is 4.88 Å². The third-order valence-electron chi connectivity index (χ3n) is 4.17. The van der Waals surface area contributed by atoms with Crippen molar-refractivity contribution in [2.24, 2.45) is 5.73 Å². The Kier molecular flexibility index (Phi) is 4.33. The molecule has 0 amide bonds. The number of anilines is 3. The Morgan fingerprint density at radius 2 is 2.08 bits per heavy atom. The molecule has 128 valence electrons. The van der Waals surface area contributed by atoms with E-state index in [9.17, 15) is 0 Å². The predicted octanol–water partition coefficient (Wildman–Crippen LogP) is 3.19. The number of aromatic nitrogens is 3. The number of benzene rings is 1. The van der Waals surface area contributed by atoms with E-state index in [0.717, 1.165) is 47.0 Å². The first-order chi connectivity index (χ1) is 12.2. The van der Waals surface area contributed by atoms with E-state index in [1.165, 1.54) is 5.56 Å². The molecular formula is C18H20N6S. The Balaban J connectivity index is 1.55. The first kappa shape index (κ1) is 16.0. The second-order valence-corrected chi connectivity index (χ2v) is 7.20. The molecule has 0 aliphatic carbocycles. The molecule has 2 aromatic heterocycles. The zero-order valence-corrected chi connectivity index (χ0v) is 14.8. The van der Waals surface area contributed by atoms with E-state index in [-0.39, 0.29) is 6.04 Å². The first-order valence-electron chi connectivity index (χ1n) is 8.32. The summed E-state index contributed by atoms with van der Waals surface area (Å²) in [5.74, 6) is 2.42. The Morgan fingerprint density at radius 1 is 1.24 bits per heavy atom. The van der Waals surface area contributed by atoms with Crippen molar-refractivity contribution in [2.45, 2.75) is 19.4 Å². The maximum atomic E-state index is 6.01. The van der Waals surface area contributed by atoms with Gasteiger partial charge in [0.15, 0.2) is 5.13 Å². The van der Waals surface area contributed by atoms with Crippen molar-refractivity contribution < 1.29 is 0 Å². The molecule has 1 atom stereocenters. The number of nitrogens with zero attached hydrogens (tertiary/aromatic N) is 4. The zero-order chi connectivity index (χ0) is 17.2. The Labute approximate surface area is 150 Å². The standard InChI is InChI=1S/C18H20N6S/c1-12-21-16(9-17(22-12)24-8-7-14(19)11-24)23-18-20-10-15(25-18)13-5-3-2-4-6-13/h2-6,9-10,14H,7-8,11,19H2,1H3,(H,20,21,22,23)/t14-/m0/s1. The predicted molar refractivity (Wildman–Crippen MR) is 102 cm³/mol. The summed E-state index contributed by atoms with van der Waals surface area (Å²) in [6.07, 6.45) is 2.88. The van der Waals surface area contributed by atoms with Crippen LogP contribution < -0.4 is 16.0 Å². The third kappa shape index (κ3) is 3.62. The molecule has 1 fully saturated rings. The van der Waals surface area contributed by atoms with Gasteiger partial charge in [-0.3, -0.25) is 0 Å². The fraction of sp³-hybridized carbons (Fsp3) is 0.278. The van der Waals surface area contributed by atoms with Gasteiger partial charge >= 0.3 is 0 Å². The van der Waals surface area contributed by atoms with Crippen molar-refractivity contribution in [2.75, 3.05) is 23.3 Å². The molecular weight excluding hydrogens is 332 g/mol. The number of nitrogens with one attached hydrogen (secondary N) is 1. The van der Waals surface area contributed by atoms with Crippen LogP contribution >= 0.6 is 11.3 Å². The van der Waals surface area contributed by atoms with Crippen molar-refractivity contribution in [3.63, 3.8) is 0 Å². The van der Waals surface area contributed by atoms with Gasteiger partial charge < -0.3 is 16.0 Å². The lowest BCUT2D eigenvalue weighted by Gasteiger charge is -2.18. The van der Waals surface area contributed by atoms with E-state index < -0.39 is 0 Å². The fourth-order valence-electron chi connectivity index (χ4n) is 2.95. The topological polar surface area (TPSA) is 80.0 Å². The van der Waals surface area contributed by atoms with E-state index in [1.807, 2.05) is 37.4 Å². The highest BCUT2D eigenvalue weighted by molar-refractivity contribution is 7.18. The molecule has 3 aromatic rings. The van der Waals surface area contributed by atoms with Crippen LogP contribution in [-0.4, -0.2) is 34.1 Å². The van der Waals surface area contributed by atoms with Crippen LogP contribution in [0, 0.1) is 6.92 Å². The molecule has 3 heterocycles. The van der Waals surface area contributed by atoms with Crippen LogP contribution in [0.25, 0.3) is 10.4 Å². The highest BCUT2D eigenvalue weighted by Gasteiger charge is 2.21.